The third-order valence-corrected chi connectivity index (χ3v) is 3.89. The molecule has 26 heavy (non-hydrogen) atoms. The van der Waals surface area contributed by atoms with Crippen LogP contribution in [0.4, 0.5) is 8.78 Å². The molecule has 2 rings (SSSR count). The maximum atomic E-state index is 13.8. The van der Waals surface area contributed by atoms with Gasteiger partial charge in [0.1, 0.15) is 17.4 Å². The monoisotopic (exact) mass is 475 g/mol. The van der Waals surface area contributed by atoms with Crippen molar-refractivity contribution in [2.24, 2.45) is 4.99 Å². The maximum absolute atomic E-state index is 13.8. The van der Waals surface area contributed by atoms with Crippen LogP contribution in [0.2, 0.25) is 0 Å². The molecule has 2 aromatic carbocycles. The number of rotatable bonds is 6. The first kappa shape index (κ1) is 22.1. The molecule has 2 aromatic rings. The molecule has 142 valence electrons. The molecule has 0 fully saturated rings. The van der Waals surface area contributed by atoms with Crippen molar-refractivity contribution in [2.75, 3.05) is 20.7 Å². The van der Waals surface area contributed by atoms with Gasteiger partial charge in [0.15, 0.2) is 5.96 Å². The van der Waals surface area contributed by atoms with Gasteiger partial charge < -0.3 is 15.4 Å². The van der Waals surface area contributed by atoms with Gasteiger partial charge >= 0.3 is 0 Å². The highest BCUT2D eigenvalue weighted by molar-refractivity contribution is 14.0. The van der Waals surface area contributed by atoms with Crippen molar-refractivity contribution >= 4 is 29.9 Å². The van der Waals surface area contributed by atoms with Gasteiger partial charge in [-0.2, -0.15) is 0 Å². The van der Waals surface area contributed by atoms with E-state index in [9.17, 15) is 8.78 Å². The summed E-state index contributed by atoms with van der Waals surface area (Å²) < 4.78 is 32.0. The van der Waals surface area contributed by atoms with Crippen molar-refractivity contribution in [3.05, 3.63) is 65.2 Å². The number of guanidine groups is 1. The van der Waals surface area contributed by atoms with E-state index in [1.165, 1.54) is 12.1 Å². The Morgan fingerprint density at radius 2 is 1.92 bits per heavy atom. The van der Waals surface area contributed by atoms with Crippen molar-refractivity contribution in [2.45, 2.75) is 19.4 Å². The molecule has 0 aliphatic carbocycles. The lowest BCUT2D eigenvalue weighted by molar-refractivity contribution is 0.414. The van der Waals surface area contributed by atoms with E-state index in [-0.39, 0.29) is 29.9 Å². The summed E-state index contributed by atoms with van der Waals surface area (Å²) in [4.78, 5) is 4.16. The third kappa shape index (κ3) is 6.44. The third-order valence-electron chi connectivity index (χ3n) is 3.89. The number of methoxy groups -OCH3 is 1. The van der Waals surface area contributed by atoms with Gasteiger partial charge in [0.2, 0.25) is 0 Å². The fourth-order valence-corrected chi connectivity index (χ4v) is 2.45. The highest BCUT2D eigenvalue weighted by atomic mass is 127. The number of halogens is 3. The second-order valence-electron chi connectivity index (χ2n) is 5.73. The molecule has 0 aliphatic rings. The van der Waals surface area contributed by atoms with Crippen molar-refractivity contribution in [3.8, 4) is 5.75 Å². The lowest BCUT2D eigenvalue weighted by Crippen LogP contribution is -2.38. The highest BCUT2D eigenvalue weighted by Gasteiger charge is 2.12. The zero-order chi connectivity index (χ0) is 18.2. The van der Waals surface area contributed by atoms with E-state index in [2.05, 4.69) is 15.6 Å². The minimum absolute atomic E-state index is 0. The summed E-state index contributed by atoms with van der Waals surface area (Å²) in [5.74, 6) is 0.168. The predicted octanol–water partition coefficient (Wildman–Crippen LogP) is 4.06. The van der Waals surface area contributed by atoms with Crippen LogP contribution in [0.15, 0.2) is 47.5 Å². The second kappa shape index (κ2) is 10.9. The maximum Gasteiger partial charge on any atom is 0.191 e. The molecule has 0 aromatic heterocycles. The molecule has 7 heteroatoms. The van der Waals surface area contributed by atoms with E-state index >= 15 is 0 Å². The van der Waals surface area contributed by atoms with E-state index < -0.39 is 11.6 Å². The summed E-state index contributed by atoms with van der Waals surface area (Å²) >= 11 is 0. The Bertz CT molecular complexity index is 740. The molecule has 0 aliphatic heterocycles. The van der Waals surface area contributed by atoms with Crippen LogP contribution in [0.5, 0.6) is 5.75 Å². The zero-order valence-electron chi connectivity index (χ0n) is 15.1. The molecule has 1 unspecified atom stereocenters. The summed E-state index contributed by atoms with van der Waals surface area (Å²) in [5, 5.41) is 6.35. The van der Waals surface area contributed by atoms with Crippen LogP contribution in [-0.2, 0) is 6.54 Å². The summed E-state index contributed by atoms with van der Waals surface area (Å²) in [7, 11) is 3.30. The molecular formula is C19H24F2IN3O. The summed E-state index contributed by atoms with van der Waals surface area (Å²) in [5.41, 5.74) is 1.53. The molecular weight excluding hydrogens is 451 g/mol. The largest absolute Gasteiger partial charge is 0.497 e. The molecule has 0 radical (unpaired) electrons. The van der Waals surface area contributed by atoms with E-state index in [0.29, 0.717) is 24.6 Å². The highest BCUT2D eigenvalue weighted by Crippen LogP contribution is 2.19. The fourth-order valence-electron chi connectivity index (χ4n) is 2.45. The number of hydrogen-bond donors (Lipinski definition) is 2. The SMILES string of the molecule is CN=C(NCc1cccc(OC)c1)NCC(C)c1ccc(F)cc1F.I. The molecule has 0 heterocycles. The van der Waals surface area contributed by atoms with Crippen molar-refractivity contribution in [3.63, 3.8) is 0 Å². The van der Waals surface area contributed by atoms with Gasteiger partial charge in [-0.15, -0.1) is 24.0 Å². The van der Waals surface area contributed by atoms with Gasteiger partial charge in [-0.1, -0.05) is 25.1 Å². The Labute approximate surface area is 170 Å². The number of ether oxygens (including phenoxy) is 1. The van der Waals surface area contributed by atoms with Crippen LogP contribution >= 0.6 is 24.0 Å². The molecule has 0 saturated carbocycles. The predicted molar refractivity (Wildman–Crippen MR) is 111 cm³/mol. The van der Waals surface area contributed by atoms with Crippen LogP contribution in [0.1, 0.15) is 24.0 Å². The smallest absolute Gasteiger partial charge is 0.191 e. The number of benzene rings is 2. The Hall–Kier alpha value is -1.90. The lowest BCUT2D eigenvalue weighted by atomic mass is 10.0. The first-order valence-electron chi connectivity index (χ1n) is 8.06. The topological polar surface area (TPSA) is 45.7 Å². The van der Waals surface area contributed by atoms with Crippen LogP contribution in [-0.4, -0.2) is 26.7 Å². The average Bonchev–Trinajstić information content (AvgIpc) is 2.61. The van der Waals surface area contributed by atoms with Crippen molar-refractivity contribution in [1.82, 2.24) is 10.6 Å². The Kier molecular flexibility index (Phi) is 9.32. The molecule has 2 N–H and O–H groups in total. The van der Waals surface area contributed by atoms with Crippen molar-refractivity contribution < 1.29 is 13.5 Å². The van der Waals surface area contributed by atoms with Gasteiger partial charge in [-0.05, 0) is 29.3 Å². The minimum Gasteiger partial charge on any atom is -0.497 e. The van der Waals surface area contributed by atoms with Gasteiger partial charge in [0.05, 0.1) is 7.11 Å². The Morgan fingerprint density at radius 1 is 1.15 bits per heavy atom. The van der Waals surface area contributed by atoms with E-state index in [4.69, 9.17) is 4.74 Å². The van der Waals surface area contributed by atoms with Crippen LogP contribution in [0.3, 0.4) is 0 Å². The Balaban J connectivity index is 0.00000338. The lowest BCUT2D eigenvalue weighted by Gasteiger charge is -2.17. The summed E-state index contributed by atoms with van der Waals surface area (Å²) in [6.07, 6.45) is 0. The van der Waals surface area contributed by atoms with Crippen molar-refractivity contribution in [1.29, 1.82) is 0 Å². The summed E-state index contributed by atoms with van der Waals surface area (Å²) in [6, 6.07) is 11.4. The number of nitrogens with zero attached hydrogens (tertiary/aromatic N) is 1. The van der Waals surface area contributed by atoms with Gasteiger partial charge in [-0.25, -0.2) is 8.78 Å². The zero-order valence-corrected chi connectivity index (χ0v) is 17.4. The summed E-state index contributed by atoms with van der Waals surface area (Å²) in [6.45, 7) is 2.93. The standard InChI is InChI=1S/C19H23F2N3O.HI/c1-13(17-8-7-15(20)10-18(17)21)11-23-19(22-2)24-12-14-5-4-6-16(9-14)25-3;/h4-10,13H,11-12H2,1-3H3,(H2,22,23,24);1H. The number of hydrogen-bond acceptors (Lipinski definition) is 2. The molecule has 0 bridgehead atoms. The van der Waals surface area contributed by atoms with Gasteiger partial charge in [-0.3, -0.25) is 4.99 Å². The molecule has 0 amide bonds. The second-order valence-corrected chi connectivity index (χ2v) is 5.73. The van der Waals surface area contributed by atoms with E-state index in [1.807, 2.05) is 31.2 Å². The fraction of sp³-hybridized carbons (Fsp3) is 0.316. The van der Waals surface area contributed by atoms with Crippen LogP contribution < -0.4 is 15.4 Å². The minimum atomic E-state index is -0.572. The number of aliphatic imine (C=N–C) groups is 1. The number of nitrogens with one attached hydrogen (secondary N) is 2. The van der Waals surface area contributed by atoms with Crippen LogP contribution in [0, 0.1) is 11.6 Å². The molecule has 4 nitrogen and oxygen atoms in total. The van der Waals surface area contributed by atoms with Gasteiger partial charge in [0.25, 0.3) is 0 Å². The molecule has 1 atom stereocenters. The Morgan fingerprint density at radius 3 is 2.58 bits per heavy atom. The van der Waals surface area contributed by atoms with Gasteiger partial charge in [0, 0.05) is 32.1 Å². The molecule has 0 saturated heterocycles. The van der Waals surface area contributed by atoms with E-state index in [0.717, 1.165) is 17.4 Å². The normalized spacial score (nSPS) is 12.1. The van der Waals surface area contributed by atoms with E-state index in [1.54, 1.807) is 14.2 Å². The molecule has 0 spiro atoms. The van der Waals surface area contributed by atoms with Crippen LogP contribution in [0.25, 0.3) is 0 Å². The quantitative estimate of drug-likeness (QED) is 0.377. The first-order chi connectivity index (χ1) is 12.0. The first-order valence-corrected chi connectivity index (χ1v) is 8.06. The average molecular weight is 475 g/mol.